The first kappa shape index (κ1) is 14.2. The van der Waals surface area contributed by atoms with Crippen molar-refractivity contribution in [3.63, 3.8) is 0 Å². The highest BCUT2D eigenvalue weighted by molar-refractivity contribution is 5.95. The summed E-state index contributed by atoms with van der Waals surface area (Å²) >= 11 is 0. The van der Waals surface area contributed by atoms with Crippen LogP contribution in [-0.4, -0.2) is 26.6 Å². The van der Waals surface area contributed by atoms with Gasteiger partial charge in [0, 0.05) is 19.8 Å². The number of nitrogens with zero attached hydrogens (tertiary/aromatic N) is 1. The van der Waals surface area contributed by atoms with Crippen LogP contribution >= 0.6 is 0 Å². The minimum atomic E-state index is -0.118. The molecule has 0 fully saturated rings. The summed E-state index contributed by atoms with van der Waals surface area (Å²) in [6.07, 6.45) is 4.07. The Morgan fingerprint density at radius 1 is 1.05 bits per heavy atom. The fourth-order valence-corrected chi connectivity index (χ4v) is 2.28. The summed E-state index contributed by atoms with van der Waals surface area (Å²) < 4.78 is 5.35. The molecule has 0 atom stereocenters. The Morgan fingerprint density at radius 2 is 1.73 bits per heavy atom. The van der Waals surface area contributed by atoms with Crippen molar-refractivity contribution in [1.82, 2.24) is 0 Å². The Morgan fingerprint density at radius 3 is 2.45 bits per heavy atom. The second-order valence-corrected chi connectivity index (χ2v) is 5.41. The van der Waals surface area contributed by atoms with Gasteiger partial charge >= 0.3 is 0 Å². The molecular weight excluding hydrogens is 276 g/mol. The number of hydrogen-bond acceptors (Lipinski definition) is 3. The van der Waals surface area contributed by atoms with Crippen LogP contribution in [0.5, 0.6) is 5.75 Å². The molecule has 0 bridgehead atoms. The maximum atomic E-state index is 11.3. The summed E-state index contributed by atoms with van der Waals surface area (Å²) in [4.78, 5) is 13.4. The third-order valence-corrected chi connectivity index (χ3v) is 3.51. The van der Waals surface area contributed by atoms with Crippen molar-refractivity contribution in [3.05, 3.63) is 53.6 Å². The van der Waals surface area contributed by atoms with Crippen molar-refractivity contribution in [1.29, 1.82) is 0 Å². The van der Waals surface area contributed by atoms with E-state index in [1.54, 1.807) is 0 Å². The molecule has 0 saturated heterocycles. The normalized spacial score (nSPS) is 13.5. The lowest BCUT2D eigenvalue weighted by molar-refractivity contribution is -0.118. The van der Waals surface area contributed by atoms with Gasteiger partial charge in [-0.2, -0.15) is 0 Å². The van der Waals surface area contributed by atoms with Crippen LogP contribution in [0.25, 0.3) is 12.2 Å². The molecule has 3 rings (SSSR count). The molecule has 0 aromatic heterocycles. The molecule has 4 nitrogen and oxygen atoms in total. The number of anilines is 2. The number of fused-ring (bicyclic) bond motifs is 1. The van der Waals surface area contributed by atoms with Gasteiger partial charge in [0.1, 0.15) is 5.75 Å². The average Bonchev–Trinajstić information content (AvgIpc) is 2.53. The lowest BCUT2D eigenvalue weighted by atomic mass is 10.1. The molecule has 1 aliphatic heterocycles. The van der Waals surface area contributed by atoms with Gasteiger partial charge in [-0.25, -0.2) is 0 Å². The van der Waals surface area contributed by atoms with E-state index >= 15 is 0 Å². The number of nitrogens with one attached hydrogen (secondary N) is 1. The van der Waals surface area contributed by atoms with Crippen molar-refractivity contribution in [2.24, 2.45) is 0 Å². The van der Waals surface area contributed by atoms with Gasteiger partial charge in [-0.15, -0.1) is 0 Å². The number of benzene rings is 2. The van der Waals surface area contributed by atoms with Crippen LogP contribution in [0.1, 0.15) is 11.1 Å². The van der Waals surface area contributed by atoms with E-state index in [0.717, 1.165) is 16.8 Å². The van der Waals surface area contributed by atoms with Crippen LogP contribution in [0.3, 0.4) is 0 Å². The molecule has 2 aromatic carbocycles. The number of rotatable bonds is 3. The van der Waals surface area contributed by atoms with E-state index in [-0.39, 0.29) is 12.5 Å². The number of carbonyl (C=O) groups is 1. The van der Waals surface area contributed by atoms with Gasteiger partial charge in [0.05, 0.1) is 5.69 Å². The zero-order chi connectivity index (χ0) is 15.5. The molecule has 4 heteroatoms. The van der Waals surface area contributed by atoms with E-state index in [1.807, 2.05) is 44.4 Å². The predicted molar refractivity (Wildman–Crippen MR) is 90.3 cm³/mol. The zero-order valence-corrected chi connectivity index (χ0v) is 12.7. The number of ether oxygens (including phenoxy) is 1. The maximum absolute atomic E-state index is 11.3. The monoisotopic (exact) mass is 294 g/mol. The van der Waals surface area contributed by atoms with E-state index in [0.29, 0.717) is 5.75 Å². The lowest BCUT2D eigenvalue weighted by Gasteiger charge is -2.17. The third-order valence-electron chi connectivity index (χ3n) is 3.51. The van der Waals surface area contributed by atoms with Crippen LogP contribution in [0.2, 0.25) is 0 Å². The van der Waals surface area contributed by atoms with E-state index < -0.39 is 0 Å². The average molecular weight is 294 g/mol. The first-order valence-corrected chi connectivity index (χ1v) is 7.14. The van der Waals surface area contributed by atoms with Crippen LogP contribution < -0.4 is 15.0 Å². The highest BCUT2D eigenvalue weighted by Crippen LogP contribution is 2.29. The first-order chi connectivity index (χ1) is 10.6. The SMILES string of the molecule is CN(C)c1ccc(C=Cc2ccc3c(c2)NC(=O)CO3)cc1. The zero-order valence-electron chi connectivity index (χ0n) is 12.7. The smallest absolute Gasteiger partial charge is 0.262 e. The van der Waals surface area contributed by atoms with Crippen molar-refractivity contribution >= 4 is 29.4 Å². The summed E-state index contributed by atoms with van der Waals surface area (Å²) in [5, 5.41) is 2.82. The molecule has 0 spiro atoms. The molecule has 1 N–H and O–H groups in total. The van der Waals surface area contributed by atoms with Crippen molar-refractivity contribution in [3.8, 4) is 5.75 Å². The quantitative estimate of drug-likeness (QED) is 0.884. The van der Waals surface area contributed by atoms with E-state index in [1.165, 1.54) is 5.69 Å². The molecule has 1 aliphatic rings. The van der Waals surface area contributed by atoms with Gasteiger partial charge in [0.25, 0.3) is 5.91 Å². The molecule has 1 heterocycles. The molecule has 2 aromatic rings. The minimum absolute atomic E-state index is 0.0837. The van der Waals surface area contributed by atoms with Crippen LogP contribution in [-0.2, 0) is 4.79 Å². The summed E-state index contributed by atoms with van der Waals surface area (Å²) in [7, 11) is 4.04. The highest BCUT2D eigenvalue weighted by atomic mass is 16.5. The molecule has 1 amide bonds. The van der Waals surface area contributed by atoms with Gasteiger partial charge in [0.15, 0.2) is 6.61 Å². The molecule has 0 unspecified atom stereocenters. The van der Waals surface area contributed by atoms with Crippen molar-refractivity contribution < 1.29 is 9.53 Å². The Kier molecular flexibility index (Phi) is 3.83. The van der Waals surface area contributed by atoms with Gasteiger partial charge in [-0.05, 0) is 35.4 Å². The summed E-state index contributed by atoms with van der Waals surface area (Å²) in [5.74, 6) is 0.597. The van der Waals surface area contributed by atoms with Crippen molar-refractivity contribution in [2.45, 2.75) is 0 Å². The molecule has 22 heavy (non-hydrogen) atoms. The fourth-order valence-electron chi connectivity index (χ4n) is 2.28. The molecule has 112 valence electrons. The van der Waals surface area contributed by atoms with E-state index in [4.69, 9.17) is 4.74 Å². The lowest BCUT2D eigenvalue weighted by Crippen LogP contribution is -2.25. The molecule has 0 aliphatic carbocycles. The topological polar surface area (TPSA) is 41.6 Å². The minimum Gasteiger partial charge on any atom is -0.482 e. The standard InChI is InChI=1S/C18H18N2O2/c1-20(2)15-8-5-13(6-9-15)3-4-14-7-10-17-16(11-14)19-18(21)12-22-17/h3-11H,12H2,1-2H3,(H,19,21). The maximum Gasteiger partial charge on any atom is 0.262 e. The highest BCUT2D eigenvalue weighted by Gasteiger charge is 2.15. The second-order valence-electron chi connectivity index (χ2n) is 5.41. The van der Waals surface area contributed by atoms with E-state index in [9.17, 15) is 4.79 Å². The Bertz CT molecular complexity index is 718. The molecular formula is C18H18N2O2. The third kappa shape index (κ3) is 3.11. The van der Waals surface area contributed by atoms with E-state index in [2.05, 4.69) is 34.5 Å². The van der Waals surface area contributed by atoms with Gasteiger partial charge in [-0.1, -0.05) is 30.4 Å². The summed E-state index contributed by atoms with van der Waals surface area (Å²) in [6, 6.07) is 14.1. The van der Waals surface area contributed by atoms with Gasteiger partial charge < -0.3 is 15.0 Å². The van der Waals surface area contributed by atoms with Crippen LogP contribution in [0.15, 0.2) is 42.5 Å². The summed E-state index contributed by atoms with van der Waals surface area (Å²) in [5.41, 5.74) is 4.04. The largest absolute Gasteiger partial charge is 0.482 e. The number of hydrogen-bond donors (Lipinski definition) is 1. The summed E-state index contributed by atoms with van der Waals surface area (Å²) in [6.45, 7) is 0.0837. The number of carbonyl (C=O) groups excluding carboxylic acids is 1. The van der Waals surface area contributed by atoms with Crippen molar-refractivity contribution in [2.75, 3.05) is 30.9 Å². The molecule has 0 saturated carbocycles. The van der Waals surface area contributed by atoms with Gasteiger partial charge in [-0.3, -0.25) is 4.79 Å². The fraction of sp³-hybridized carbons (Fsp3) is 0.167. The Hall–Kier alpha value is -2.75. The second kappa shape index (κ2) is 5.93. The number of amides is 1. The van der Waals surface area contributed by atoms with Crippen LogP contribution in [0.4, 0.5) is 11.4 Å². The first-order valence-electron chi connectivity index (χ1n) is 7.14. The molecule has 0 radical (unpaired) electrons. The Balaban J connectivity index is 1.77. The van der Waals surface area contributed by atoms with Gasteiger partial charge in [0.2, 0.25) is 0 Å². The van der Waals surface area contributed by atoms with Crippen LogP contribution in [0, 0.1) is 0 Å². The Labute approximate surface area is 130 Å². The predicted octanol–water partition coefficient (Wildman–Crippen LogP) is 3.25.